The smallest absolute Gasteiger partial charge is 0.0727 e. The van der Waals surface area contributed by atoms with Gasteiger partial charge >= 0.3 is 0 Å². The molecule has 1 aromatic carbocycles. The van der Waals surface area contributed by atoms with Gasteiger partial charge in [-0.05, 0) is 43.4 Å². The summed E-state index contributed by atoms with van der Waals surface area (Å²) in [5.41, 5.74) is 1.16. The summed E-state index contributed by atoms with van der Waals surface area (Å²) in [6.07, 6.45) is 5.53. The molecule has 2 fully saturated rings. The van der Waals surface area contributed by atoms with Crippen molar-refractivity contribution < 1.29 is 0 Å². The van der Waals surface area contributed by atoms with Crippen LogP contribution in [-0.2, 0) is 0 Å². The van der Waals surface area contributed by atoms with Gasteiger partial charge in [-0.2, -0.15) is 5.26 Å². The van der Waals surface area contributed by atoms with Crippen molar-refractivity contribution in [3.63, 3.8) is 0 Å². The first kappa shape index (κ1) is 12.0. The SMILES string of the molecule is N#CC1([C@H]2CC[C@@H](c3cccc(Cl)c3)N2)CCC1. The van der Waals surface area contributed by atoms with Crippen LogP contribution in [0.1, 0.15) is 43.7 Å². The summed E-state index contributed by atoms with van der Waals surface area (Å²) in [5.74, 6) is 0. The third kappa shape index (κ3) is 1.92. The predicted molar refractivity (Wildman–Crippen MR) is 72.2 cm³/mol. The van der Waals surface area contributed by atoms with Crippen LogP contribution in [-0.4, -0.2) is 6.04 Å². The molecular weight excluding hydrogens is 244 g/mol. The van der Waals surface area contributed by atoms with Gasteiger partial charge in [-0.3, -0.25) is 0 Å². The van der Waals surface area contributed by atoms with Crippen LogP contribution in [0.5, 0.6) is 0 Å². The molecule has 1 N–H and O–H groups in total. The zero-order valence-electron chi connectivity index (χ0n) is 10.3. The molecule has 18 heavy (non-hydrogen) atoms. The average Bonchev–Trinajstić information content (AvgIpc) is 2.78. The van der Waals surface area contributed by atoms with E-state index in [9.17, 15) is 5.26 Å². The van der Waals surface area contributed by atoms with E-state index in [4.69, 9.17) is 11.6 Å². The molecule has 2 atom stereocenters. The Morgan fingerprint density at radius 2 is 2.17 bits per heavy atom. The van der Waals surface area contributed by atoms with E-state index in [-0.39, 0.29) is 5.41 Å². The summed E-state index contributed by atoms with van der Waals surface area (Å²) in [6.45, 7) is 0. The monoisotopic (exact) mass is 260 g/mol. The highest BCUT2D eigenvalue weighted by Gasteiger charge is 2.47. The van der Waals surface area contributed by atoms with Gasteiger partial charge in [0.05, 0.1) is 11.5 Å². The molecule has 3 heteroatoms. The Bertz CT molecular complexity index is 488. The summed E-state index contributed by atoms with van der Waals surface area (Å²) < 4.78 is 0. The van der Waals surface area contributed by atoms with Gasteiger partial charge < -0.3 is 5.32 Å². The van der Waals surface area contributed by atoms with E-state index < -0.39 is 0 Å². The zero-order chi connectivity index (χ0) is 12.6. The van der Waals surface area contributed by atoms with Crippen LogP contribution >= 0.6 is 11.6 Å². The molecule has 1 aliphatic heterocycles. The van der Waals surface area contributed by atoms with E-state index in [2.05, 4.69) is 17.5 Å². The second-order valence-corrected chi connectivity index (χ2v) is 5.96. The van der Waals surface area contributed by atoms with Crippen molar-refractivity contribution in [2.24, 2.45) is 5.41 Å². The molecule has 1 saturated heterocycles. The second kappa shape index (κ2) is 4.57. The number of benzene rings is 1. The van der Waals surface area contributed by atoms with Gasteiger partial charge in [0, 0.05) is 17.1 Å². The lowest BCUT2D eigenvalue weighted by Gasteiger charge is -2.40. The largest absolute Gasteiger partial charge is 0.306 e. The fourth-order valence-electron chi connectivity index (χ4n) is 3.26. The van der Waals surface area contributed by atoms with Gasteiger partial charge in [-0.15, -0.1) is 0 Å². The lowest BCUT2D eigenvalue weighted by atomic mass is 9.65. The molecule has 0 spiro atoms. The molecule has 0 aromatic heterocycles. The van der Waals surface area contributed by atoms with Gasteiger partial charge in [0.2, 0.25) is 0 Å². The Hall–Kier alpha value is -1.04. The fraction of sp³-hybridized carbons (Fsp3) is 0.533. The maximum absolute atomic E-state index is 9.39. The maximum Gasteiger partial charge on any atom is 0.0727 e. The quantitative estimate of drug-likeness (QED) is 0.877. The Labute approximate surface area is 113 Å². The highest BCUT2D eigenvalue weighted by Crippen LogP contribution is 2.48. The van der Waals surface area contributed by atoms with Crippen molar-refractivity contribution in [3.05, 3.63) is 34.9 Å². The minimum absolute atomic E-state index is 0.0900. The normalized spacial score (nSPS) is 29.6. The van der Waals surface area contributed by atoms with E-state index in [1.807, 2.05) is 18.2 Å². The molecule has 1 aliphatic carbocycles. The number of nitriles is 1. The Morgan fingerprint density at radius 3 is 2.78 bits per heavy atom. The molecule has 2 aliphatic rings. The van der Waals surface area contributed by atoms with E-state index in [1.165, 1.54) is 12.0 Å². The van der Waals surface area contributed by atoms with Crippen LogP contribution < -0.4 is 5.32 Å². The number of nitrogens with one attached hydrogen (secondary N) is 1. The average molecular weight is 261 g/mol. The molecule has 1 saturated carbocycles. The van der Waals surface area contributed by atoms with Gasteiger partial charge in [0.1, 0.15) is 0 Å². The van der Waals surface area contributed by atoms with Gasteiger partial charge in [-0.1, -0.05) is 30.2 Å². The molecule has 2 nitrogen and oxygen atoms in total. The molecule has 3 rings (SSSR count). The van der Waals surface area contributed by atoms with Crippen molar-refractivity contribution >= 4 is 11.6 Å². The van der Waals surface area contributed by atoms with E-state index in [1.54, 1.807) is 0 Å². The fourth-order valence-corrected chi connectivity index (χ4v) is 3.46. The Kier molecular flexibility index (Phi) is 3.05. The van der Waals surface area contributed by atoms with Gasteiger partial charge in [0.25, 0.3) is 0 Å². The number of hydrogen-bond donors (Lipinski definition) is 1. The summed E-state index contributed by atoms with van der Waals surface area (Å²) in [4.78, 5) is 0. The lowest BCUT2D eigenvalue weighted by molar-refractivity contribution is 0.152. The number of rotatable bonds is 2. The van der Waals surface area contributed by atoms with Crippen LogP contribution in [0.15, 0.2) is 24.3 Å². The molecule has 0 radical (unpaired) electrons. The van der Waals surface area contributed by atoms with Crippen molar-refractivity contribution in [3.8, 4) is 6.07 Å². The van der Waals surface area contributed by atoms with Crippen LogP contribution in [0, 0.1) is 16.7 Å². The highest BCUT2D eigenvalue weighted by molar-refractivity contribution is 6.30. The van der Waals surface area contributed by atoms with Crippen molar-refractivity contribution in [1.82, 2.24) is 5.32 Å². The van der Waals surface area contributed by atoms with Crippen LogP contribution in [0.4, 0.5) is 0 Å². The first-order valence-corrected chi connectivity index (χ1v) is 7.04. The van der Waals surface area contributed by atoms with Gasteiger partial charge in [-0.25, -0.2) is 0 Å². The molecule has 94 valence electrons. The Morgan fingerprint density at radius 1 is 1.33 bits per heavy atom. The number of nitrogens with zero attached hydrogens (tertiary/aromatic N) is 1. The van der Waals surface area contributed by atoms with Crippen molar-refractivity contribution in [2.45, 2.75) is 44.2 Å². The highest BCUT2D eigenvalue weighted by atomic mass is 35.5. The van der Waals surface area contributed by atoms with Crippen molar-refractivity contribution in [2.75, 3.05) is 0 Å². The first-order valence-electron chi connectivity index (χ1n) is 6.66. The minimum atomic E-state index is -0.0900. The number of hydrogen-bond acceptors (Lipinski definition) is 2. The summed E-state index contributed by atoms with van der Waals surface area (Å²) in [6, 6.07) is 11.3. The minimum Gasteiger partial charge on any atom is -0.306 e. The molecule has 1 heterocycles. The first-order chi connectivity index (χ1) is 8.73. The molecular formula is C15H17ClN2. The van der Waals surface area contributed by atoms with E-state index in [0.717, 1.165) is 30.7 Å². The molecule has 1 aromatic rings. The molecule has 0 amide bonds. The van der Waals surface area contributed by atoms with Crippen molar-refractivity contribution in [1.29, 1.82) is 5.26 Å². The van der Waals surface area contributed by atoms with E-state index in [0.29, 0.717) is 12.1 Å². The zero-order valence-corrected chi connectivity index (χ0v) is 11.1. The van der Waals surface area contributed by atoms with E-state index >= 15 is 0 Å². The molecule has 0 bridgehead atoms. The maximum atomic E-state index is 9.39. The molecule has 0 unspecified atom stereocenters. The number of halogens is 1. The summed E-state index contributed by atoms with van der Waals surface area (Å²) >= 11 is 6.04. The lowest BCUT2D eigenvalue weighted by Crippen LogP contribution is -2.45. The topological polar surface area (TPSA) is 35.8 Å². The third-order valence-corrected chi connectivity index (χ3v) is 4.77. The Balaban J connectivity index is 1.74. The van der Waals surface area contributed by atoms with Crippen LogP contribution in [0.2, 0.25) is 5.02 Å². The van der Waals surface area contributed by atoms with Gasteiger partial charge in [0.15, 0.2) is 0 Å². The third-order valence-electron chi connectivity index (χ3n) is 4.53. The van der Waals surface area contributed by atoms with Crippen LogP contribution in [0.25, 0.3) is 0 Å². The predicted octanol–water partition coefficient (Wildman–Crippen LogP) is 3.83. The summed E-state index contributed by atoms with van der Waals surface area (Å²) in [5, 5.41) is 13.8. The second-order valence-electron chi connectivity index (χ2n) is 5.53. The standard InChI is InChI=1S/C15H17ClN2/c16-12-4-1-3-11(9-12)13-5-6-14(18-13)15(10-17)7-2-8-15/h1,3-4,9,13-14,18H,2,5-8H2/t13-,14+/m0/s1. The van der Waals surface area contributed by atoms with Crippen LogP contribution in [0.3, 0.4) is 0 Å². The summed E-state index contributed by atoms with van der Waals surface area (Å²) in [7, 11) is 0.